The van der Waals surface area contributed by atoms with Crippen LogP contribution in [0.2, 0.25) is 0 Å². The van der Waals surface area contributed by atoms with Gasteiger partial charge in [-0.3, -0.25) is 0 Å². The predicted molar refractivity (Wildman–Crippen MR) is 66.8 cm³/mol. The first-order valence-corrected chi connectivity index (χ1v) is 5.92. The summed E-state index contributed by atoms with van der Waals surface area (Å²) >= 11 is 0. The van der Waals surface area contributed by atoms with Crippen molar-refractivity contribution >= 4 is 0 Å². The summed E-state index contributed by atoms with van der Waals surface area (Å²) in [6.45, 7) is 4.68. The van der Waals surface area contributed by atoms with Crippen LogP contribution in [0.5, 0.6) is 5.75 Å². The highest BCUT2D eigenvalue weighted by molar-refractivity contribution is 5.41. The molecule has 2 rings (SSSR count). The monoisotopic (exact) mass is 230 g/mol. The largest absolute Gasteiger partial charge is 0.493 e. The van der Waals surface area contributed by atoms with Crippen molar-refractivity contribution < 1.29 is 4.74 Å². The summed E-state index contributed by atoms with van der Waals surface area (Å²) in [4.78, 5) is 0. The van der Waals surface area contributed by atoms with Crippen LogP contribution in [0.3, 0.4) is 0 Å². The van der Waals surface area contributed by atoms with E-state index < -0.39 is 5.41 Å². The van der Waals surface area contributed by atoms with Crippen LogP contribution in [0.15, 0.2) is 18.2 Å². The molecule has 3 heteroatoms. The third kappa shape index (κ3) is 2.13. The summed E-state index contributed by atoms with van der Waals surface area (Å²) in [5.74, 6) is 0.985. The van der Waals surface area contributed by atoms with Crippen molar-refractivity contribution in [3.63, 3.8) is 0 Å². The molecule has 0 saturated carbocycles. The Labute approximate surface area is 102 Å². The maximum Gasteiger partial charge on any atom is 0.122 e. The minimum atomic E-state index is -0.428. The minimum absolute atomic E-state index is 0.0402. The van der Waals surface area contributed by atoms with Crippen molar-refractivity contribution in [2.24, 2.45) is 5.41 Å². The highest BCUT2D eigenvalue weighted by atomic mass is 16.5. The Balaban J connectivity index is 2.36. The molecule has 1 aromatic rings. The van der Waals surface area contributed by atoms with Crippen LogP contribution in [0, 0.1) is 16.7 Å². The first-order chi connectivity index (χ1) is 8.08. The fourth-order valence-corrected chi connectivity index (χ4v) is 2.39. The number of nitrogens with zero attached hydrogens (tertiary/aromatic N) is 1. The summed E-state index contributed by atoms with van der Waals surface area (Å²) in [5.41, 5.74) is 1.97. The standard InChI is InChI=1S/C14H18N2O/c1-14(2,9-15)13(16-3)11-4-5-12-10(8-11)6-7-17-12/h4-5,8,13,16H,6-7H2,1-3H3. The maximum atomic E-state index is 9.24. The lowest BCUT2D eigenvalue weighted by atomic mass is 9.81. The second-order valence-corrected chi connectivity index (χ2v) is 5.02. The molecule has 1 unspecified atom stereocenters. The summed E-state index contributed by atoms with van der Waals surface area (Å²) in [6, 6.07) is 8.62. The SMILES string of the molecule is CNC(c1ccc2c(c1)CCO2)C(C)(C)C#N. The number of fused-ring (bicyclic) bond motifs is 1. The highest BCUT2D eigenvalue weighted by Gasteiger charge is 2.30. The van der Waals surface area contributed by atoms with E-state index in [2.05, 4.69) is 17.5 Å². The van der Waals surface area contributed by atoms with Gasteiger partial charge in [0.25, 0.3) is 0 Å². The van der Waals surface area contributed by atoms with Crippen molar-refractivity contribution in [1.29, 1.82) is 5.26 Å². The first-order valence-electron chi connectivity index (χ1n) is 5.92. The molecule has 1 N–H and O–H groups in total. The van der Waals surface area contributed by atoms with Crippen LogP contribution in [-0.2, 0) is 6.42 Å². The van der Waals surface area contributed by atoms with E-state index in [9.17, 15) is 5.26 Å². The molecule has 1 aliphatic heterocycles. The van der Waals surface area contributed by atoms with Gasteiger partial charge >= 0.3 is 0 Å². The Morgan fingerprint density at radius 1 is 1.47 bits per heavy atom. The Bertz CT molecular complexity index is 460. The van der Waals surface area contributed by atoms with Crippen molar-refractivity contribution in [1.82, 2.24) is 5.32 Å². The molecule has 0 spiro atoms. The third-order valence-electron chi connectivity index (χ3n) is 3.35. The average Bonchev–Trinajstić information content (AvgIpc) is 2.77. The van der Waals surface area contributed by atoms with Crippen molar-refractivity contribution in [2.45, 2.75) is 26.3 Å². The van der Waals surface area contributed by atoms with Gasteiger partial charge in [0.05, 0.1) is 24.1 Å². The molecule has 0 aromatic heterocycles. The fraction of sp³-hybridized carbons (Fsp3) is 0.500. The average molecular weight is 230 g/mol. The molecule has 3 nitrogen and oxygen atoms in total. The van der Waals surface area contributed by atoms with E-state index in [0.29, 0.717) is 0 Å². The van der Waals surface area contributed by atoms with E-state index in [-0.39, 0.29) is 6.04 Å². The van der Waals surface area contributed by atoms with E-state index in [1.54, 1.807) is 0 Å². The lowest BCUT2D eigenvalue weighted by Gasteiger charge is -2.28. The molecule has 90 valence electrons. The molecule has 17 heavy (non-hydrogen) atoms. The lowest BCUT2D eigenvalue weighted by Crippen LogP contribution is -2.30. The quantitative estimate of drug-likeness (QED) is 0.867. The Hall–Kier alpha value is -1.53. The van der Waals surface area contributed by atoms with Gasteiger partial charge < -0.3 is 10.1 Å². The van der Waals surface area contributed by atoms with Crippen LogP contribution in [-0.4, -0.2) is 13.7 Å². The number of hydrogen-bond donors (Lipinski definition) is 1. The maximum absolute atomic E-state index is 9.24. The van der Waals surface area contributed by atoms with Crippen molar-refractivity contribution in [3.8, 4) is 11.8 Å². The first kappa shape index (κ1) is 11.9. The third-order valence-corrected chi connectivity index (χ3v) is 3.35. The van der Waals surface area contributed by atoms with Gasteiger partial charge in [-0.05, 0) is 38.1 Å². The smallest absolute Gasteiger partial charge is 0.122 e. The molecule has 1 aromatic carbocycles. The van der Waals surface area contributed by atoms with Crippen LogP contribution in [0.4, 0.5) is 0 Å². The van der Waals surface area contributed by atoms with E-state index in [0.717, 1.165) is 24.3 Å². The van der Waals surface area contributed by atoms with E-state index in [1.165, 1.54) is 5.56 Å². The van der Waals surface area contributed by atoms with Crippen LogP contribution in [0.1, 0.15) is 31.0 Å². The number of benzene rings is 1. The van der Waals surface area contributed by atoms with Gasteiger partial charge in [-0.15, -0.1) is 0 Å². The molecular formula is C14H18N2O. The van der Waals surface area contributed by atoms with E-state index in [4.69, 9.17) is 4.74 Å². The van der Waals surface area contributed by atoms with E-state index >= 15 is 0 Å². The van der Waals surface area contributed by atoms with Crippen molar-refractivity contribution in [3.05, 3.63) is 29.3 Å². The molecular weight excluding hydrogens is 212 g/mol. The van der Waals surface area contributed by atoms with Gasteiger partial charge in [-0.2, -0.15) is 5.26 Å². The second-order valence-electron chi connectivity index (χ2n) is 5.02. The zero-order valence-corrected chi connectivity index (χ0v) is 10.6. The van der Waals surface area contributed by atoms with Gasteiger partial charge in [-0.25, -0.2) is 0 Å². The van der Waals surface area contributed by atoms with Crippen LogP contribution in [0.25, 0.3) is 0 Å². The Kier molecular flexibility index (Phi) is 3.08. The Morgan fingerprint density at radius 2 is 2.24 bits per heavy atom. The zero-order chi connectivity index (χ0) is 12.5. The van der Waals surface area contributed by atoms with Gasteiger partial charge in [0, 0.05) is 6.42 Å². The molecule has 0 amide bonds. The summed E-state index contributed by atoms with van der Waals surface area (Å²) in [7, 11) is 1.90. The molecule has 1 heterocycles. The van der Waals surface area contributed by atoms with Crippen LogP contribution >= 0.6 is 0 Å². The molecule has 0 saturated heterocycles. The zero-order valence-electron chi connectivity index (χ0n) is 10.6. The Morgan fingerprint density at radius 3 is 2.88 bits per heavy atom. The van der Waals surface area contributed by atoms with Gasteiger partial charge in [0.2, 0.25) is 0 Å². The highest BCUT2D eigenvalue weighted by Crippen LogP contribution is 2.35. The second kappa shape index (κ2) is 4.38. The summed E-state index contributed by atoms with van der Waals surface area (Å²) < 4.78 is 5.49. The summed E-state index contributed by atoms with van der Waals surface area (Å²) in [6.07, 6.45) is 0.965. The molecule has 1 aliphatic rings. The van der Waals surface area contributed by atoms with Gasteiger partial charge in [-0.1, -0.05) is 12.1 Å². The lowest BCUT2D eigenvalue weighted by molar-refractivity contribution is 0.343. The number of nitrogens with one attached hydrogen (secondary N) is 1. The molecule has 0 fully saturated rings. The van der Waals surface area contributed by atoms with Crippen molar-refractivity contribution in [2.75, 3.05) is 13.7 Å². The fourth-order valence-electron chi connectivity index (χ4n) is 2.39. The molecule has 1 atom stereocenters. The number of rotatable bonds is 3. The normalized spacial score (nSPS) is 15.9. The molecule has 0 radical (unpaired) electrons. The number of nitriles is 1. The minimum Gasteiger partial charge on any atom is -0.493 e. The van der Waals surface area contributed by atoms with E-state index in [1.807, 2.05) is 33.0 Å². The van der Waals surface area contributed by atoms with Gasteiger partial charge in [0.15, 0.2) is 0 Å². The number of hydrogen-bond acceptors (Lipinski definition) is 3. The van der Waals surface area contributed by atoms with Gasteiger partial charge in [0.1, 0.15) is 5.75 Å². The predicted octanol–water partition coefficient (Wildman–Crippen LogP) is 2.43. The topological polar surface area (TPSA) is 45.0 Å². The number of ether oxygens (including phenoxy) is 1. The molecule has 0 bridgehead atoms. The molecule has 0 aliphatic carbocycles. The summed E-state index contributed by atoms with van der Waals surface area (Å²) in [5, 5.41) is 12.5. The van der Waals surface area contributed by atoms with Crippen LogP contribution < -0.4 is 10.1 Å².